The molecular weight excluding hydrogens is 331 g/mol. The van der Waals surface area contributed by atoms with Gasteiger partial charge in [0.1, 0.15) is 5.82 Å². The summed E-state index contributed by atoms with van der Waals surface area (Å²) in [5, 5.41) is 3.73. The number of benzene rings is 1. The first-order valence-electron chi connectivity index (χ1n) is 5.95. The highest BCUT2D eigenvalue weighted by Gasteiger charge is 2.02. The summed E-state index contributed by atoms with van der Waals surface area (Å²) in [6.45, 7) is 4.57. The highest BCUT2D eigenvalue weighted by Crippen LogP contribution is 2.16. The summed E-state index contributed by atoms with van der Waals surface area (Å²) in [6, 6.07) is 10.8. The number of anilines is 1. The molecule has 0 radical (unpaired) electrons. The zero-order valence-electron chi connectivity index (χ0n) is 10.8. The summed E-state index contributed by atoms with van der Waals surface area (Å²) < 4.78 is 13.5. The van der Waals surface area contributed by atoms with Gasteiger partial charge in [-0.05, 0) is 45.8 Å². The third-order valence-electron chi connectivity index (χ3n) is 2.19. The Kier molecular flexibility index (Phi) is 6.81. The van der Waals surface area contributed by atoms with Crippen LogP contribution in [0.25, 0.3) is 0 Å². The molecular formula is C14H15BrClFN2. The van der Waals surface area contributed by atoms with E-state index in [0.717, 1.165) is 5.56 Å². The van der Waals surface area contributed by atoms with Crippen molar-refractivity contribution in [2.45, 2.75) is 20.4 Å². The Balaban J connectivity index is 0.000000861. The van der Waals surface area contributed by atoms with Crippen LogP contribution in [0.4, 0.5) is 10.2 Å². The molecule has 0 spiro atoms. The van der Waals surface area contributed by atoms with Gasteiger partial charge in [0.05, 0.1) is 4.47 Å². The summed E-state index contributed by atoms with van der Waals surface area (Å²) in [5.74, 6) is -0.0215. The van der Waals surface area contributed by atoms with Crippen LogP contribution in [0.15, 0.2) is 40.9 Å². The van der Waals surface area contributed by atoms with Gasteiger partial charge in [-0.1, -0.05) is 37.6 Å². The predicted molar refractivity (Wildman–Crippen MR) is 82.0 cm³/mol. The first-order chi connectivity index (χ1) is 9.15. The summed E-state index contributed by atoms with van der Waals surface area (Å²) in [6.07, 6.45) is 0. The van der Waals surface area contributed by atoms with E-state index < -0.39 is 5.95 Å². The van der Waals surface area contributed by atoms with Crippen LogP contribution in [0.2, 0.25) is 5.02 Å². The van der Waals surface area contributed by atoms with Gasteiger partial charge < -0.3 is 5.32 Å². The van der Waals surface area contributed by atoms with Crippen LogP contribution >= 0.6 is 27.5 Å². The molecule has 2 nitrogen and oxygen atoms in total. The third kappa shape index (κ3) is 5.17. The molecule has 1 aromatic heterocycles. The molecule has 1 N–H and O–H groups in total. The SMILES string of the molecule is CC.Fc1nc(NCc2ccc(Cl)cc2)ccc1Br. The number of hydrogen-bond acceptors (Lipinski definition) is 2. The summed E-state index contributed by atoms with van der Waals surface area (Å²) in [4.78, 5) is 3.75. The highest BCUT2D eigenvalue weighted by molar-refractivity contribution is 9.10. The van der Waals surface area contributed by atoms with Gasteiger partial charge in [0, 0.05) is 11.6 Å². The van der Waals surface area contributed by atoms with E-state index in [1.54, 1.807) is 12.1 Å². The molecule has 0 unspecified atom stereocenters. The summed E-state index contributed by atoms with van der Waals surface area (Å²) in [7, 11) is 0. The van der Waals surface area contributed by atoms with Crippen molar-refractivity contribution in [1.29, 1.82) is 0 Å². The fourth-order valence-electron chi connectivity index (χ4n) is 1.31. The van der Waals surface area contributed by atoms with E-state index >= 15 is 0 Å². The zero-order valence-corrected chi connectivity index (χ0v) is 13.1. The van der Waals surface area contributed by atoms with E-state index in [-0.39, 0.29) is 0 Å². The van der Waals surface area contributed by atoms with Crippen LogP contribution in [0.1, 0.15) is 19.4 Å². The van der Waals surface area contributed by atoms with Crippen molar-refractivity contribution in [3.05, 3.63) is 57.4 Å². The molecule has 2 rings (SSSR count). The summed E-state index contributed by atoms with van der Waals surface area (Å²) in [5.41, 5.74) is 1.06. The van der Waals surface area contributed by atoms with E-state index in [2.05, 4.69) is 26.2 Å². The fourth-order valence-corrected chi connectivity index (χ4v) is 1.66. The topological polar surface area (TPSA) is 24.9 Å². The third-order valence-corrected chi connectivity index (χ3v) is 3.03. The molecule has 2 aromatic rings. The molecule has 0 aliphatic carbocycles. The molecule has 1 heterocycles. The molecule has 0 saturated carbocycles. The second-order valence-electron chi connectivity index (χ2n) is 3.45. The van der Waals surface area contributed by atoms with Gasteiger partial charge in [-0.3, -0.25) is 0 Å². The van der Waals surface area contributed by atoms with Crippen LogP contribution in [-0.2, 0) is 6.54 Å². The lowest BCUT2D eigenvalue weighted by Crippen LogP contribution is -2.02. The average molecular weight is 346 g/mol. The van der Waals surface area contributed by atoms with Crippen molar-refractivity contribution in [3.8, 4) is 0 Å². The minimum Gasteiger partial charge on any atom is -0.366 e. The Labute approximate surface area is 126 Å². The monoisotopic (exact) mass is 344 g/mol. The molecule has 0 aliphatic heterocycles. The number of halogens is 3. The van der Waals surface area contributed by atoms with E-state index in [4.69, 9.17) is 11.6 Å². The number of pyridine rings is 1. The smallest absolute Gasteiger partial charge is 0.229 e. The zero-order chi connectivity index (χ0) is 14.3. The van der Waals surface area contributed by atoms with Crippen LogP contribution in [0.3, 0.4) is 0 Å². The number of rotatable bonds is 3. The van der Waals surface area contributed by atoms with Crippen LogP contribution in [0, 0.1) is 5.95 Å². The Morgan fingerprint density at radius 3 is 2.37 bits per heavy atom. The van der Waals surface area contributed by atoms with Gasteiger partial charge in [-0.2, -0.15) is 4.39 Å². The average Bonchev–Trinajstić information content (AvgIpc) is 2.44. The molecule has 0 bridgehead atoms. The number of aromatic nitrogens is 1. The lowest BCUT2D eigenvalue weighted by atomic mass is 10.2. The lowest BCUT2D eigenvalue weighted by molar-refractivity contribution is 0.578. The number of hydrogen-bond donors (Lipinski definition) is 1. The van der Waals surface area contributed by atoms with Gasteiger partial charge in [-0.25, -0.2) is 4.98 Å². The molecule has 0 atom stereocenters. The van der Waals surface area contributed by atoms with E-state index in [9.17, 15) is 4.39 Å². The summed E-state index contributed by atoms with van der Waals surface area (Å²) >= 11 is 8.83. The Morgan fingerprint density at radius 2 is 1.79 bits per heavy atom. The predicted octanol–water partition coefficient (Wildman–Crippen LogP) is 5.27. The Bertz CT molecular complexity index is 517. The Hall–Kier alpha value is -1.13. The molecule has 19 heavy (non-hydrogen) atoms. The maximum absolute atomic E-state index is 13.1. The molecule has 0 amide bonds. The highest BCUT2D eigenvalue weighted by atomic mass is 79.9. The van der Waals surface area contributed by atoms with Crippen LogP contribution in [-0.4, -0.2) is 4.98 Å². The molecule has 1 aromatic carbocycles. The second-order valence-corrected chi connectivity index (χ2v) is 4.74. The maximum Gasteiger partial charge on any atom is 0.229 e. The van der Waals surface area contributed by atoms with Gasteiger partial charge in [0.25, 0.3) is 0 Å². The quantitative estimate of drug-likeness (QED) is 0.766. The molecule has 0 fully saturated rings. The normalized spacial score (nSPS) is 9.53. The molecule has 102 valence electrons. The van der Waals surface area contributed by atoms with Crippen molar-refractivity contribution in [2.75, 3.05) is 5.32 Å². The number of nitrogens with zero attached hydrogens (tertiary/aromatic N) is 1. The second kappa shape index (κ2) is 8.12. The van der Waals surface area contributed by atoms with Crippen molar-refractivity contribution in [1.82, 2.24) is 4.98 Å². The lowest BCUT2D eigenvalue weighted by Gasteiger charge is -2.06. The molecule has 5 heteroatoms. The van der Waals surface area contributed by atoms with Crippen molar-refractivity contribution in [3.63, 3.8) is 0 Å². The minimum atomic E-state index is -0.522. The van der Waals surface area contributed by atoms with Crippen molar-refractivity contribution >= 4 is 33.3 Å². The van der Waals surface area contributed by atoms with E-state index in [0.29, 0.717) is 21.9 Å². The first-order valence-corrected chi connectivity index (χ1v) is 7.12. The molecule has 0 saturated heterocycles. The van der Waals surface area contributed by atoms with Gasteiger partial charge in [0.15, 0.2) is 0 Å². The van der Waals surface area contributed by atoms with Gasteiger partial charge in [-0.15, -0.1) is 0 Å². The van der Waals surface area contributed by atoms with Crippen LogP contribution in [0.5, 0.6) is 0 Å². The van der Waals surface area contributed by atoms with Gasteiger partial charge >= 0.3 is 0 Å². The van der Waals surface area contributed by atoms with E-state index in [1.165, 1.54) is 0 Å². The van der Waals surface area contributed by atoms with E-state index in [1.807, 2.05) is 38.1 Å². The largest absolute Gasteiger partial charge is 0.366 e. The van der Waals surface area contributed by atoms with Gasteiger partial charge in [0.2, 0.25) is 5.95 Å². The fraction of sp³-hybridized carbons (Fsp3) is 0.214. The number of nitrogens with one attached hydrogen (secondary N) is 1. The Morgan fingerprint density at radius 1 is 1.16 bits per heavy atom. The van der Waals surface area contributed by atoms with Crippen molar-refractivity contribution in [2.24, 2.45) is 0 Å². The maximum atomic E-state index is 13.1. The minimum absolute atomic E-state index is 0.356. The molecule has 0 aliphatic rings. The first kappa shape index (κ1) is 15.9. The standard InChI is InChI=1S/C12H9BrClFN2.C2H6/c13-10-5-6-11(17-12(10)15)16-7-8-1-3-9(14)4-2-8;1-2/h1-6H,7H2,(H,16,17);1-2H3. The van der Waals surface area contributed by atoms with Crippen LogP contribution < -0.4 is 5.32 Å². The van der Waals surface area contributed by atoms with Crippen molar-refractivity contribution < 1.29 is 4.39 Å².